The summed E-state index contributed by atoms with van der Waals surface area (Å²) >= 11 is 0.897. The third-order valence-electron chi connectivity index (χ3n) is 0.702. The molecule has 0 aromatic carbocycles. The number of thioether (sulfide) groups is 1. The molecular formula is C6H10O5S. The Hall–Kier alpha value is -0.910. The number of rotatable bonds is 2. The highest BCUT2D eigenvalue weighted by molar-refractivity contribution is 8.13. The van der Waals surface area contributed by atoms with E-state index in [9.17, 15) is 9.59 Å². The predicted molar refractivity (Wildman–Crippen MR) is 42.7 cm³/mol. The molecule has 0 rings (SSSR count). The van der Waals surface area contributed by atoms with Crippen LogP contribution in [-0.4, -0.2) is 23.8 Å². The molecule has 0 aliphatic rings. The van der Waals surface area contributed by atoms with Crippen LogP contribution in [0.3, 0.4) is 0 Å². The summed E-state index contributed by atoms with van der Waals surface area (Å²) in [6.07, 6.45) is -1.01. The molecule has 0 aliphatic heterocycles. The zero-order chi connectivity index (χ0) is 9.40. The Bertz CT molecular complexity index is 140. The van der Waals surface area contributed by atoms with Gasteiger partial charge < -0.3 is 4.74 Å². The first kappa shape index (κ1) is 11.1. The van der Waals surface area contributed by atoms with Crippen molar-refractivity contribution in [3.05, 3.63) is 0 Å². The van der Waals surface area contributed by atoms with Crippen LogP contribution >= 0.6 is 11.8 Å². The van der Waals surface area contributed by atoms with E-state index in [-0.39, 0.29) is 6.61 Å². The number of carbonyl (C=O) groups is 2. The maximum absolute atomic E-state index is 10.6. The second kappa shape index (κ2) is 6.78. The average molecular weight is 194 g/mol. The van der Waals surface area contributed by atoms with Crippen LogP contribution in [0, 0.1) is 0 Å². The highest BCUT2D eigenvalue weighted by Crippen LogP contribution is 2.04. The normalized spacial score (nSPS) is 8.83. The summed E-state index contributed by atoms with van der Waals surface area (Å²) in [6, 6.07) is 0. The lowest BCUT2D eigenvalue weighted by Gasteiger charge is -2.00. The third-order valence-corrected chi connectivity index (χ3v) is 1.29. The molecule has 0 N–H and O–H groups in total. The van der Waals surface area contributed by atoms with Gasteiger partial charge in [-0.3, -0.25) is 0 Å². The van der Waals surface area contributed by atoms with E-state index in [2.05, 4.69) is 14.5 Å². The Morgan fingerprint density at radius 1 is 1.25 bits per heavy atom. The van der Waals surface area contributed by atoms with Crippen molar-refractivity contribution in [2.45, 2.75) is 13.8 Å². The molecule has 70 valence electrons. The van der Waals surface area contributed by atoms with Gasteiger partial charge in [-0.2, -0.15) is 4.79 Å². The lowest BCUT2D eigenvalue weighted by atomic mass is 10.9. The lowest BCUT2D eigenvalue weighted by molar-refractivity contribution is -0.190. The molecule has 0 saturated heterocycles. The highest BCUT2D eigenvalue weighted by Gasteiger charge is 2.08. The summed E-state index contributed by atoms with van der Waals surface area (Å²) in [7, 11) is 0. The van der Waals surface area contributed by atoms with Crippen LogP contribution in [0.15, 0.2) is 0 Å². The van der Waals surface area contributed by atoms with E-state index < -0.39 is 11.5 Å². The van der Waals surface area contributed by atoms with Crippen molar-refractivity contribution in [3.8, 4) is 0 Å². The molecule has 0 bridgehead atoms. The Kier molecular flexibility index (Phi) is 6.26. The molecule has 0 aromatic rings. The van der Waals surface area contributed by atoms with Crippen molar-refractivity contribution >= 4 is 23.2 Å². The zero-order valence-electron chi connectivity index (χ0n) is 6.86. The Labute approximate surface area is 74.3 Å². The summed E-state index contributed by atoms with van der Waals surface area (Å²) in [5, 5.41) is -0.662. The zero-order valence-corrected chi connectivity index (χ0v) is 7.68. The molecule has 0 heterocycles. The summed E-state index contributed by atoms with van der Waals surface area (Å²) in [5.41, 5.74) is 0. The van der Waals surface area contributed by atoms with Crippen LogP contribution in [0.4, 0.5) is 9.59 Å². The van der Waals surface area contributed by atoms with Gasteiger partial charge in [-0.1, -0.05) is 6.92 Å². The molecule has 6 heteroatoms. The van der Waals surface area contributed by atoms with Crippen LogP contribution in [0.2, 0.25) is 0 Å². The first-order valence-corrected chi connectivity index (χ1v) is 4.37. The Morgan fingerprint density at radius 2 is 1.92 bits per heavy atom. The molecular weight excluding hydrogens is 184 g/mol. The molecule has 0 aromatic heterocycles. The fraction of sp³-hybridized carbons (Fsp3) is 0.667. The van der Waals surface area contributed by atoms with Crippen LogP contribution in [0.25, 0.3) is 0 Å². The van der Waals surface area contributed by atoms with Crippen molar-refractivity contribution in [1.82, 2.24) is 0 Å². The topological polar surface area (TPSA) is 61.8 Å². The van der Waals surface area contributed by atoms with Crippen LogP contribution < -0.4 is 0 Å². The molecule has 12 heavy (non-hydrogen) atoms. The molecule has 0 aliphatic carbocycles. The fourth-order valence-electron chi connectivity index (χ4n) is 0.352. The average Bonchev–Trinajstić information content (AvgIpc) is 2.02. The van der Waals surface area contributed by atoms with E-state index in [0.717, 1.165) is 11.8 Å². The van der Waals surface area contributed by atoms with Crippen LogP contribution in [0.5, 0.6) is 0 Å². The van der Waals surface area contributed by atoms with Gasteiger partial charge >= 0.3 is 11.5 Å². The maximum Gasteiger partial charge on any atom is 0.549 e. The quantitative estimate of drug-likeness (QED) is 0.380. The molecule has 0 unspecified atom stereocenters. The summed E-state index contributed by atoms with van der Waals surface area (Å²) < 4.78 is 4.32. The molecule has 0 atom stereocenters. The summed E-state index contributed by atoms with van der Waals surface area (Å²) in [4.78, 5) is 29.0. The second-order valence-electron chi connectivity index (χ2n) is 1.53. The standard InChI is InChI=1S/C6H10O5S/c1-3-9-5(7)10-11-6(8)12-4-2/h3-4H2,1-2H3. The monoisotopic (exact) mass is 194 g/mol. The van der Waals surface area contributed by atoms with Crippen molar-refractivity contribution < 1.29 is 24.1 Å². The number of ether oxygens (including phenoxy) is 1. The highest BCUT2D eigenvalue weighted by atomic mass is 32.2. The molecule has 0 radical (unpaired) electrons. The fourth-order valence-corrected chi connectivity index (χ4v) is 0.670. The molecule has 0 spiro atoms. The molecule has 0 amide bonds. The Morgan fingerprint density at radius 3 is 2.42 bits per heavy atom. The SMILES string of the molecule is CCOC(=O)OOC(=O)SCC. The van der Waals surface area contributed by atoms with E-state index in [1.807, 2.05) is 0 Å². The van der Waals surface area contributed by atoms with E-state index in [1.165, 1.54) is 0 Å². The van der Waals surface area contributed by atoms with Gasteiger partial charge in [0.25, 0.3) is 0 Å². The van der Waals surface area contributed by atoms with E-state index in [0.29, 0.717) is 5.75 Å². The van der Waals surface area contributed by atoms with Gasteiger partial charge in [0.15, 0.2) is 0 Å². The maximum atomic E-state index is 10.6. The van der Waals surface area contributed by atoms with Gasteiger partial charge in [-0.25, -0.2) is 14.6 Å². The van der Waals surface area contributed by atoms with E-state index in [1.54, 1.807) is 13.8 Å². The van der Waals surface area contributed by atoms with Gasteiger partial charge in [-0.05, 0) is 18.7 Å². The van der Waals surface area contributed by atoms with Gasteiger partial charge in [0.2, 0.25) is 0 Å². The predicted octanol–water partition coefficient (Wildman–Crippen LogP) is 1.96. The minimum Gasteiger partial charge on any atom is -0.432 e. The van der Waals surface area contributed by atoms with Crippen LogP contribution in [-0.2, 0) is 14.5 Å². The Balaban J connectivity index is 3.40. The molecule has 0 fully saturated rings. The summed E-state index contributed by atoms with van der Waals surface area (Å²) in [6.45, 7) is 3.57. The number of hydrogen-bond acceptors (Lipinski definition) is 6. The van der Waals surface area contributed by atoms with Gasteiger partial charge in [0, 0.05) is 5.75 Å². The van der Waals surface area contributed by atoms with Gasteiger partial charge in [0.1, 0.15) is 0 Å². The van der Waals surface area contributed by atoms with Gasteiger partial charge in [-0.15, -0.1) is 0 Å². The van der Waals surface area contributed by atoms with Gasteiger partial charge in [0.05, 0.1) is 6.61 Å². The summed E-state index contributed by atoms with van der Waals surface area (Å²) in [5.74, 6) is 0.561. The minimum atomic E-state index is -1.01. The van der Waals surface area contributed by atoms with E-state index >= 15 is 0 Å². The van der Waals surface area contributed by atoms with Crippen molar-refractivity contribution in [3.63, 3.8) is 0 Å². The van der Waals surface area contributed by atoms with Crippen LogP contribution in [0.1, 0.15) is 13.8 Å². The van der Waals surface area contributed by atoms with Crippen molar-refractivity contribution in [2.75, 3.05) is 12.4 Å². The minimum absolute atomic E-state index is 0.178. The first-order valence-electron chi connectivity index (χ1n) is 3.38. The largest absolute Gasteiger partial charge is 0.549 e. The molecule has 0 saturated carbocycles. The molecule has 5 nitrogen and oxygen atoms in total. The number of hydrogen-bond donors (Lipinski definition) is 0. The third kappa shape index (κ3) is 5.84. The second-order valence-corrected chi connectivity index (χ2v) is 2.73. The van der Waals surface area contributed by atoms with E-state index in [4.69, 9.17) is 0 Å². The van der Waals surface area contributed by atoms with Crippen molar-refractivity contribution in [2.24, 2.45) is 0 Å². The van der Waals surface area contributed by atoms with Crippen molar-refractivity contribution in [1.29, 1.82) is 0 Å². The smallest absolute Gasteiger partial charge is 0.432 e. The number of carbonyl (C=O) groups excluding carboxylic acids is 2. The lowest BCUT2D eigenvalue weighted by Crippen LogP contribution is -2.09. The first-order chi connectivity index (χ1) is 5.70.